The molecular weight excluding hydrogens is 364 g/mol. The van der Waals surface area contributed by atoms with Gasteiger partial charge in [0.2, 0.25) is 5.91 Å². The fourth-order valence-corrected chi connectivity index (χ4v) is 3.66. The molecule has 0 aliphatic carbocycles. The van der Waals surface area contributed by atoms with Crippen molar-refractivity contribution < 1.29 is 14.4 Å². The number of urea groups is 1. The molecule has 1 saturated heterocycles. The maximum Gasteiger partial charge on any atom is 0.326 e. The van der Waals surface area contributed by atoms with E-state index in [9.17, 15) is 14.4 Å². The highest BCUT2D eigenvalue weighted by Crippen LogP contribution is 2.27. The smallest absolute Gasteiger partial charge is 0.315 e. The van der Waals surface area contributed by atoms with Gasteiger partial charge in [-0.25, -0.2) is 9.78 Å². The summed E-state index contributed by atoms with van der Waals surface area (Å²) in [5, 5.41) is 5.07. The molecule has 0 radical (unpaired) electrons. The summed E-state index contributed by atoms with van der Waals surface area (Å²) >= 11 is 1.32. The normalized spacial score (nSPS) is 17.1. The molecule has 8 heteroatoms. The average molecular weight is 386 g/mol. The Labute approximate surface area is 162 Å². The molecule has 3 rings (SSSR count). The van der Waals surface area contributed by atoms with Crippen LogP contribution in [0.3, 0.4) is 0 Å². The lowest BCUT2D eigenvalue weighted by Crippen LogP contribution is -2.35. The minimum absolute atomic E-state index is 0.0938. The Kier molecular flexibility index (Phi) is 5.27. The summed E-state index contributed by atoms with van der Waals surface area (Å²) in [6.45, 7) is 4.28. The van der Waals surface area contributed by atoms with Gasteiger partial charge in [0, 0.05) is 25.0 Å². The van der Waals surface area contributed by atoms with E-state index in [1.165, 1.54) is 35.9 Å². The van der Waals surface area contributed by atoms with Crippen LogP contribution in [0.15, 0.2) is 29.6 Å². The van der Waals surface area contributed by atoms with Crippen LogP contribution in [0.1, 0.15) is 31.7 Å². The maximum absolute atomic E-state index is 12.3. The highest BCUT2D eigenvalue weighted by Gasteiger charge is 2.41. The zero-order valence-corrected chi connectivity index (χ0v) is 16.5. The molecule has 1 aliphatic heterocycles. The van der Waals surface area contributed by atoms with Crippen molar-refractivity contribution in [2.75, 3.05) is 19.4 Å². The lowest BCUT2D eigenvalue weighted by molar-refractivity contribution is -0.129. The Hall–Kier alpha value is -2.74. The van der Waals surface area contributed by atoms with Crippen molar-refractivity contribution in [2.45, 2.75) is 32.2 Å². The highest BCUT2D eigenvalue weighted by atomic mass is 32.1. The van der Waals surface area contributed by atoms with Crippen LogP contribution in [0.5, 0.6) is 0 Å². The number of nitrogens with zero attached hydrogens (tertiary/aromatic N) is 3. The fourth-order valence-electron chi connectivity index (χ4n) is 2.93. The van der Waals surface area contributed by atoms with Crippen molar-refractivity contribution in [1.29, 1.82) is 0 Å². The SMILES string of the molecule is CC(C)c1ccc(-c2csc(NC(=O)CC3C(=O)N(C)C(=O)N3C)n2)cc1. The van der Waals surface area contributed by atoms with Crippen molar-refractivity contribution >= 4 is 34.3 Å². The number of likely N-dealkylation sites (N-methyl/N-ethyl adjacent to an activating group) is 2. The summed E-state index contributed by atoms with van der Waals surface area (Å²) in [6, 6.07) is 7.01. The molecule has 142 valence electrons. The van der Waals surface area contributed by atoms with Crippen molar-refractivity contribution in [1.82, 2.24) is 14.8 Å². The van der Waals surface area contributed by atoms with E-state index in [4.69, 9.17) is 0 Å². The predicted octanol–water partition coefficient (Wildman–Crippen LogP) is 3.15. The van der Waals surface area contributed by atoms with Crippen LogP contribution in [0.4, 0.5) is 9.93 Å². The van der Waals surface area contributed by atoms with Crippen LogP contribution in [0, 0.1) is 0 Å². The number of nitrogens with one attached hydrogen (secondary N) is 1. The van der Waals surface area contributed by atoms with Gasteiger partial charge in [-0.2, -0.15) is 0 Å². The second-order valence-electron chi connectivity index (χ2n) is 6.87. The Bertz CT molecular complexity index is 875. The number of carbonyl (C=O) groups is 3. The maximum atomic E-state index is 12.3. The second-order valence-corrected chi connectivity index (χ2v) is 7.73. The number of hydrogen-bond donors (Lipinski definition) is 1. The first-order valence-corrected chi connectivity index (χ1v) is 9.56. The molecule has 1 atom stereocenters. The highest BCUT2D eigenvalue weighted by molar-refractivity contribution is 7.14. The molecule has 0 spiro atoms. The van der Waals surface area contributed by atoms with E-state index in [2.05, 4.69) is 36.3 Å². The summed E-state index contributed by atoms with van der Waals surface area (Å²) < 4.78 is 0. The third kappa shape index (κ3) is 3.85. The number of rotatable bonds is 5. The first-order chi connectivity index (χ1) is 12.8. The molecule has 1 aromatic heterocycles. The summed E-state index contributed by atoms with van der Waals surface area (Å²) in [6.07, 6.45) is -0.0938. The van der Waals surface area contributed by atoms with Gasteiger partial charge in [-0.3, -0.25) is 14.5 Å². The first-order valence-electron chi connectivity index (χ1n) is 8.68. The molecule has 0 saturated carbocycles. The van der Waals surface area contributed by atoms with Gasteiger partial charge in [-0.05, 0) is 11.5 Å². The minimum Gasteiger partial charge on any atom is -0.315 e. The third-order valence-corrected chi connectivity index (χ3v) is 5.43. The first kappa shape index (κ1) is 19.0. The third-order valence-electron chi connectivity index (χ3n) is 4.67. The van der Waals surface area contributed by atoms with Gasteiger partial charge in [0.05, 0.1) is 12.1 Å². The molecule has 1 unspecified atom stereocenters. The van der Waals surface area contributed by atoms with Gasteiger partial charge in [0.25, 0.3) is 5.91 Å². The van der Waals surface area contributed by atoms with E-state index in [0.717, 1.165) is 16.2 Å². The number of thiazole rings is 1. The lowest BCUT2D eigenvalue weighted by atomic mass is 10.0. The summed E-state index contributed by atoms with van der Waals surface area (Å²) in [5.74, 6) is -0.256. The molecule has 1 fully saturated rings. The molecule has 1 aliphatic rings. The molecule has 4 amide bonds. The van der Waals surface area contributed by atoms with Gasteiger partial charge in [-0.1, -0.05) is 38.1 Å². The number of imide groups is 1. The molecule has 0 bridgehead atoms. The lowest BCUT2D eigenvalue weighted by Gasteiger charge is -2.15. The van der Waals surface area contributed by atoms with Crippen molar-refractivity contribution in [3.05, 3.63) is 35.2 Å². The zero-order valence-electron chi connectivity index (χ0n) is 15.7. The zero-order chi connectivity index (χ0) is 19.7. The van der Waals surface area contributed by atoms with Gasteiger partial charge in [0.15, 0.2) is 5.13 Å². The fraction of sp³-hybridized carbons (Fsp3) is 0.368. The quantitative estimate of drug-likeness (QED) is 0.800. The van der Waals surface area contributed by atoms with Crippen LogP contribution in [0.2, 0.25) is 0 Å². The Morgan fingerprint density at radius 1 is 1.22 bits per heavy atom. The molecule has 2 aromatic rings. The topological polar surface area (TPSA) is 82.6 Å². The van der Waals surface area contributed by atoms with Gasteiger partial charge in [0.1, 0.15) is 6.04 Å². The molecule has 27 heavy (non-hydrogen) atoms. The Morgan fingerprint density at radius 3 is 2.44 bits per heavy atom. The van der Waals surface area contributed by atoms with Gasteiger partial charge < -0.3 is 10.2 Å². The van der Waals surface area contributed by atoms with Gasteiger partial charge in [-0.15, -0.1) is 11.3 Å². The minimum atomic E-state index is -0.773. The number of amides is 4. The van der Waals surface area contributed by atoms with Crippen molar-refractivity contribution in [3.8, 4) is 11.3 Å². The van der Waals surface area contributed by atoms with Crippen molar-refractivity contribution in [2.24, 2.45) is 0 Å². The van der Waals surface area contributed by atoms with E-state index in [0.29, 0.717) is 11.0 Å². The molecule has 7 nitrogen and oxygen atoms in total. The van der Waals surface area contributed by atoms with Crippen LogP contribution < -0.4 is 5.32 Å². The summed E-state index contributed by atoms with van der Waals surface area (Å²) in [4.78, 5) is 42.9. The number of aromatic nitrogens is 1. The standard InChI is InChI=1S/C19H22N4O3S/c1-11(2)12-5-7-13(8-6-12)14-10-27-18(20-14)21-16(24)9-15-17(25)23(4)19(26)22(15)3/h5-8,10-11,15H,9H2,1-4H3,(H,20,21,24). The van der Waals surface area contributed by atoms with Crippen LogP contribution >= 0.6 is 11.3 Å². The number of anilines is 1. The molecule has 1 N–H and O–H groups in total. The number of carbonyl (C=O) groups excluding carboxylic acids is 3. The Morgan fingerprint density at radius 2 is 1.89 bits per heavy atom. The predicted molar refractivity (Wildman–Crippen MR) is 105 cm³/mol. The van der Waals surface area contributed by atoms with E-state index >= 15 is 0 Å². The molecule has 2 heterocycles. The van der Waals surface area contributed by atoms with Crippen molar-refractivity contribution in [3.63, 3.8) is 0 Å². The van der Waals surface area contributed by atoms with E-state index < -0.39 is 12.1 Å². The summed E-state index contributed by atoms with van der Waals surface area (Å²) in [7, 11) is 2.93. The van der Waals surface area contributed by atoms with Crippen LogP contribution in [-0.2, 0) is 9.59 Å². The molecule has 1 aromatic carbocycles. The largest absolute Gasteiger partial charge is 0.326 e. The molecular formula is C19H22N4O3S. The van der Waals surface area contributed by atoms with E-state index in [-0.39, 0.29) is 18.2 Å². The van der Waals surface area contributed by atoms with Crippen LogP contribution in [-0.4, -0.2) is 52.8 Å². The number of hydrogen-bond acceptors (Lipinski definition) is 5. The van der Waals surface area contributed by atoms with E-state index in [1.54, 1.807) is 0 Å². The Balaban J connectivity index is 1.64. The average Bonchev–Trinajstić information content (AvgIpc) is 3.17. The van der Waals surface area contributed by atoms with E-state index in [1.807, 2.05) is 17.5 Å². The monoisotopic (exact) mass is 386 g/mol. The summed E-state index contributed by atoms with van der Waals surface area (Å²) in [5.41, 5.74) is 3.02. The van der Waals surface area contributed by atoms with Crippen LogP contribution in [0.25, 0.3) is 11.3 Å². The van der Waals surface area contributed by atoms with Gasteiger partial charge >= 0.3 is 6.03 Å². The second kappa shape index (κ2) is 7.48. The number of benzene rings is 1.